The lowest BCUT2D eigenvalue weighted by Crippen LogP contribution is -2.34. The van der Waals surface area contributed by atoms with E-state index in [1.54, 1.807) is 6.92 Å². The van der Waals surface area contributed by atoms with Crippen LogP contribution >= 0.6 is 0 Å². The highest BCUT2D eigenvalue weighted by molar-refractivity contribution is 5.91. The lowest BCUT2D eigenvalue weighted by Gasteiger charge is -2.14. The van der Waals surface area contributed by atoms with Crippen LogP contribution in [0.3, 0.4) is 0 Å². The van der Waals surface area contributed by atoms with Crippen molar-refractivity contribution in [3.63, 3.8) is 0 Å². The molecule has 1 aromatic heterocycles. The van der Waals surface area contributed by atoms with E-state index in [4.69, 9.17) is 4.42 Å². The molecule has 88 valence electrons. The first-order chi connectivity index (χ1) is 7.75. The Morgan fingerprint density at radius 2 is 2.06 bits per heavy atom. The number of hydrogen-bond acceptors (Lipinski definition) is 3. The van der Waals surface area contributed by atoms with E-state index in [-0.39, 0.29) is 5.91 Å². The van der Waals surface area contributed by atoms with Crippen molar-refractivity contribution in [3.8, 4) is 0 Å². The van der Waals surface area contributed by atoms with Crippen molar-refractivity contribution in [2.24, 2.45) is 0 Å². The molecule has 4 nitrogen and oxygen atoms in total. The predicted octanol–water partition coefficient (Wildman–Crippen LogP) is 2.44. The fourth-order valence-electron chi connectivity index (χ4n) is 2.15. The maximum absolute atomic E-state index is 11.8. The van der Waals surface area contributed by atoms with Gasteiger partial charge in [-0.2, -0.15) is 0 Å². The van der Waals surface area contributed by atoms with Crippen molar-refractivity contribution >= 4 is 5.91 Å². The van der Waals surface area contributed by atoms with Crippen LogP contribution in [0.1, 0.15) is 55.0 Å². The molecule has 0 bridgehead atoms. The molecule has 1 aliphatic carbocycles. The third-order valence-electron chi connectivity index (χ3n) is 3.04. The fraction of sp³-hybridized carbons (Fsp3) is 0.667. The van der Waals surface area contributed by atoms with E-state index in [9.17, 15) is 4.79 Å². The van der Waals surface area contributed by atoms with Gasteiger partial charge in [0, 0.05) is 13.0 Å². The van der Waals surface area contributed by atoms with Crippen molar-refractivity contribution in [2.75, 3.05) is 0 Å². The van der Waals surface area contributed by atoms with E-state index in [0.29, 0.717) is 17.7 Å². The Morgan fingerprint density at radius 3 is 2.62 bits per heavy atom. The van der Waals surface area contributed by atoms with Crippen molar-refractivity contribution < 1.29 is 9.21 Å². The average Bonchev–Trinajstić information content (AvgIpc) is 2.54. The smallest absolute Gasteiger partial charge is 0.288 e. The zero-order valence-corrected chi connectivity index (χ0v) is 9.66. The fourth-order valence-corrected chi connectivity index (χ4v) is 2.15. The second-order valence-electron chi connectivity index (χ2n) is 4.41. The number of carbonyl (C=O) groups is 1. The van der Waals surface area contributed by atoms with Crippen LogP contribution in [0.15, 0.2) is 10.6 Å². The van der Waals surface area contributed by atoms with Crippen LogP contribution in [0.5, 0.6) is 0 Å². The Morgan fingerprint density at radius 1 is 1.38 bits per heavy atom. The summed E-state index contributed by atoms with van der Waals surface area (Å²) in [5.41, 5.74) is 0. The van der Waals surface area contributed by atoms with Gasteiger partial charge < -0.3 is 9.73 Å². The van der Waals surface area contributed by atoms with Crippen molar-refractivity contribution in [1.82, 2.24) is 10.3 Å². The molecular formula is C12H18N2O2. The second kappa shape index (κ2) is 5.14. The number of nitrogens with one attached hydrogen (secondary N) is 1. The van der Waals surface area contributed by atoms with E-state index in [2.05, 4.69) is 10.3 Å². The first-order valence-corrected chi connectivity index (χ1v) is 5.99. The van der Waals surface area contributed by atoms with Gasteiger partial charge in [0.25, 0.3) is 5.91 Å². The summed E-state index contributed by atoms with van der Waals surface area (Å²) in [6.07, 6.45) is 8.64. The number of nitrogens with zero attached hydrogens (tertiary/aromatic N) is 1. The maximum Gasteiger partial charge on any atom is 0.288 e. The quantitative estimate of drug-likeness (QED) is 0.782. The zero-order valence-electron chi connectivity index (χ0n) is 9.66. The minimum absolute atomic E-state index is 0.132. The number of amides is 1. The molecule has 1 heterocycles. The second-order valence-corrected chi connectivity index (χ2v) is 4.41. The molecule has 16 heavy (non-hydrogen) atoms. The molecule has 4 heteroatoms. The molecule has 1 amide bonds. The van der Waals surface area contributed by atoms with E-state index < -0.39 is 0 Å². The first-order valence-electron chi connectivity index (χ1n) is 5.99. The van der Waals surface area contributed by atoms with Crippen molar-refractivity contribution in [2.45, 2.75) is 51.5 Å². The van der Waals surface area contributed by atoms with Crippen LogP contribution in [0.25, 0.3) is 0 Å². The molecule has 2 rings (SSSR count). The number of rotatable bonds is 2. The third-order valence-corrected chi connectivity index (χ3v) is 3.04. The topological polar surface area (TPSA) is 55.1 Å². The largest absolute Gasteiger partial charge is 0.436 e. The lowest BCUT2D eigenvalue weighted by molar-refractivity contribution is 0.0904. The van der Waals surface area contributed by atoms with E-state index in [1.165, 1.54) is 31.9 Å². The highest BCUT2D eigenvalue weighted by Gasteiger charge is 2.17. The minimum Gasteiger partial charge on any atom is -0.436 e. The molecule has 1 N–H and O–H groups in total. The molecule has 1 aliphatic rings. The molecule has 1 aromatic rings. The monoisotopic (exact) mass is 222 g/mol. The summed E-state index contributed by atoms with van der Waals surface area (Å²) in [4.78, 5) is 15.7. The van der Waals surface area contributed by atoms with Gasteiger partial charge in [0.1, 0.15) is 0 Å². The summed E-state index contributed by atoms with van der Waals surface area (Å²) in [5, 5.41) is 3.02. The van der Waals surface area contributed by atoms with Gasteiger partial charge in [0.15, 0.2) is 5.89 Å². The van der Waals surface area contributed by atoms with E-state index in [0.717, 1.165) is 12.8 Å². The van der Waals surface area contributed by atoms with Gasteiger partial charge in [-0.05, 0) is 12.8 Å². The first kappa shape index (κ1) is 11.2. The lowest BCUT2D eigenvalue weighted by atomic mass is 10.1. The van der Waals surface area contributed by atoms with Gasteiger partial charge in [0.2, 0.25) is 5.76 Å². The number of hydrogen-bond donors (Lipinski definition) is 1. The molecule has 0 unspecified atom stereocenters. The summed E-state index contributed by atoms with van der Waals surface area (Å²) < 4.78 is 5.19. The van der Waals surface area contributed by atoms with Gasteiger partial charge in [-0.1, -0.05) is 25.7 Å². The highest BCUT2D eigenvalue weighted by Crippen LogP contribution is 2.17. The molecule has 0 aromatic carbocycles. The standard InChI is InChI=1S/C12H18N2O2/c1-9-13-8-11(16-9)12(15)14-10-6-4-2-3-5-7-10/h8,10H,2-7H2,1H3,(H,14,15). The Bertz CT molecular complexity index is 352. The highest BCUT2D eigenvalue weighted by atomic mass is 16.4. The Labute approximate surface area is 95.4 Å². The van der Waals surface area contributed by atoms with E-state index in [1.807, 2.05) is 0 Å². The number of aryl methyl sites for hydroxylation is 1. The van der Waals surface area contributed by atoms with Gasteiger partial charge in [-0.25, -0.2) is 4.98 Å². The zero-order chi connectivity index (χ0) is 11.4. The Kier molecular flexibility index (Phi) is 3.59. The average molecular weight is 222 g/mol. The van der Waals surface area contributed by atoms with Crippen LogP contribution in [-0.2, 0) is 0 Å². The molecule has 0 spiro atoms. The summed E-state index contributed by atoms with van der Waals surface area (Å²) >= 11 is 0. The predicted molar refractivity (Wildman–Crippen MR) is 60.2 cm³/mol. The summed E-state index contributed by atoms with van der Waals surface area (Å²) in [5.74, 6) is 0.722. The summed E-state index contributed by atoms with van der Waals surface area (Å²) in [7, 11) is 0. The molecule has 0 saturated heterocycles. The summed E-state index contributed by atoms with van der Waals surface area (Å²) in [6, 6.07) is 0.306. The number of oxazole rings is 1. The summed E-state index contributed by atoms with van der Waals surface area (Å²) in [6.45, 7) is 1.74. The third kappa shape index (κ3) is 2.84. The Hall–Kier alpha value is -1.32. The van der Waals surface area contributed by atoms with Gasteiger partial charge >= 0.3 is 0 Å². The van der Waals surface area contributed by atoms with Crippen molar-refractivity contribution in [3.05, 3.63) is 17.8 Å². The molecule has 0 aliphatic heterocycles. The molecule has 1 saturated carbocycles. The number of carbonyl (C=O) groups excluding carboxylic acids is 1. The van der Waals surface area contributed by atoms with Crippen LogP contribution in [0.4, 0.5) is 0 Å². The van der Waals surface area contributed by atoms with Gasteiger partial charge in [-0.15, -0.1) is 0 Å². The molecule has 0 atom stereocenters. The molecular weight excluding hydrogens is 204 g/mol. The van der Waals surface area contributed by atoms with Crippen LogP contribution in [0, 0.1) is 6.92 Å². The van der Waals surface area contributed by atoms with Crippen LogP contribution in [-0.4, -0.2) is 16.9 Å². The van der Waals surface area contributed by atoms with Gasteiger partial charge in [-0.3, -0.25) is 4.79 Å². The SMILES string of the molecule is Cc1ncc(C(=O)NC2CCCCCC2)o1. The van der Waals surface area contributed by atoms with Crippen LogP contribution in [0.2, 0.25) is 0 Å². The van der Waals surface area contributed by atoms with Gasteiger partial charge in [0.05, 0.1) is 6.20 Å². The Balaban J connectivity index is 1.90. The molecule has 0 radical (unpaired) electrons. The van der Waals surface area contributed by atoms with Crippen molar-refractivity contribution in [1.29, 1.82) is 0 Å². The van der Waals surface area contributed by atoms with Crippen LogP contribution < -0.4 is 5.32 Å². The van der Waals surface area contributed by atoms with E-state index >= 15 is 0 Å². The maximum atomic E-state index is 11.8. The minimum atomic E-state index is -0.132. The number of aromatic nitrogens is 1. The normalized spacial score (nSPS) is 18.1. The molecule has 1 fully saturated rings.